The fourth-order valence-electron chi connectivity index (χ4n) is 2.76. The lowest BCUT2D eigenvalue weighted by Crippen LogP contribution is -2.30. The van der Waals surface area contributed by atoms with Gasteiger partial charge in [-0.05, 0) is 42.9 Å². The van der Waals surface area contributed by atoms with Crippen LogP contribution < -0.4 is 10.5 Å². The Bertz CT molecular complexity index is 549. The first-order valence-corrected chi connectivity index (χ1v) is 8.80. The number of sulfonamides is 1. The van der Waals surface area contributed by atoms with Gasteiger partial charge in [0.15, 0.2) is 0 Å². The van der Waals surface area contributed by atoms with Crippen LogP contribution in [0.4, 0.5) is 0 Å². The lowest BCUT2D eigenvalue weighted by Gasteiger charge is -2.22. The van der Waals surface area contributed by atoms with E-state index in [2.05, 4.69) is 4.72 Å². The van der Waals surface area contributed by atoms with E-state index in [1.807, 2.05) is 19.1 Å². The van der Waals surface area contributed by atoms with Crippen LogP contribution in [0.2, 0.25) is 0 Å². The average molecular weight is 296 g/mol. The highest BCUT2D eigenvalue weighted by Crippen LogP contribution is 2.24. The Morgan fingerprint density at radius 2 is 1.95 bits per heavy atom. The van der Waals surface area contributed by atoms with Gasteiger partial charge in [-0.25, -0.2) is 13.1 Å². The molecule has 0 unspecified atom stereocenters. The Hall–Kier alpha value is -0.910. The molecule has 1 aromatic rings. The molecule has 0 radical (unpaired) electrons. The van der Waals surface area contributed by atoms with Gasteiger partial charge in [-0.1, -0.05) is 31.4 Å². The molecule has 0 heterocycles. The molecule has 112 valence electrons. The van der Waals surface area contributed by atoms with Gasteiger partial charge in [0.25, 0.3) is 0 Å². The van der Waals surface area contributed by atoms with E-state index in [4.69, 9.17) is 5.73 Å². The molecule has 0 saturated heterocycles. The van der Waals surface area contributed by atoms with Gasteiger partial charge in [0.05, 0.1) is 4.90 Å². The molecule has 1 aromatic carbocycles. The molecule has 0 atom stereocenters. The van der Waals surface area contributed by atoms with Gasteiger partial charge < -0.3 is 5.73 Å². The number of hydrogen-bond donors (Lipinski definition) is 2. The molecular weight excluding hydrogens is 272 g/mol. The predicted molar refractivity (Wildman–Crippen MR) is 80.8 cm³/mol. The highest BCUT2D eigenvalue weighted by Gasteiger charge is 2.20. The van der Waals surface area contributed by atoms with Crippen molar-refractivity contribution in [2.75, 3.05) is 6.54 Å². The summed E-state index contributed by atoms with van der Waals surface area (Å²) >= 11 is 0. The summed E-state index contributed by atoms with van der Waals surface area (Å²) in [6.07, 6.45) is 5.97. The molecule has 1 aliphatic carbocycles. The van der Waals surface area contributed by atoms with Crippen molar-refractivity contribution in [2.24, 2.45) is 11.7 Å². The first-order chi connectivity index (χ1) is 9.53. The van der Waals surface area contributed by atoms with Crippen molar-refractivity contribution < 1.29 is 8.42 Å². The van der Waals surface area contributed by atoms with Crippen LogP contribution >= 0.6 is 0 Å². The summed E-state index contributed by atoms with van der Waals surface area (Å²) in [7, 11) is -3.43. The molecule has 0 aliphatic heterocycles. The zero-order valence-corrected chi connectivity index (χ0v) is 12.9. The van der Waals surface area contributed by atoms with E-state index in [0.717, 1.165) is 24.0 Å². The Morgan fingerprint density at radius 3 is 2.60 bits per heavy atom. The van der Waals surface area contributed by atoms with E-state index in [1.165, 1.54) is 19.3 Å². The minimum atomic E-state index is -3.43. The molecule has 1 saturated carbocycles. The topological polar surface area (TPSA) is 72.2 Å². The zero-order chi connectivity index (χ0) is 14.6. The van der Waals surface area contributed by atoms with E-state index < -0.39 is 10.0 Å². The van der Waals surface area contributed by atoms with Crippen LogP contribution in [-0.4, -0.2) is 15.0 Å². The number of nitrogens with one attached hydrogen (secondary N) is 1. The second kappa shape index (κ2) is 6.70. The van der Waals surface area contributed by atoms with Crippen LogP contribution in [0.1, 0.15) is 43.2 Å². The summed E-state index contributed by atoms with van der Waals surface area (Å²) in [5, 5.41) is 0. The first-order valence-electron chi connectivity index (χ1n) is 7.32. The van der Waals surface area contributed by atoms with Gasteiger partial charge in [0.2, 0.25) is 10.0 Å². The predicted octanol–water partition coefficient (Wildman–Crippen LogP) is 2.31. The minimum absolute atomic E-state index is 0.353. The standard InChI is InChI=1S/C15H24N2O2S/c1-12-7-8-14(10-16)9-15(12)20(18,19)17-11-13-5-3-2-4-6-13/h7-9,13,17H,2-6,10-11,16H2,1H3. The molecule has 20 heavy (non-hydrogen) atoms. The summed E-state index contributed by atoms with van der Waals surface area (Å²) in [6.45, 7) is 2.72. The third-order valence-electron chi connectivity index (χ3n) is 4.06. The Labute approximate surface area is 121 Å². The third-order valence-corrected chi connectivity index (χ3v) is 5.63. The molecule has 1 aliphatic rings. The van der Waals surface area contributed by atoms with Gasteiger partial charge in [-0.15, -0.1) is 0 Å². The van der Waals surface area contributed by atoms with Gasteiger partial charge in [-0.2, -0.15) is 0 Å². The normalized spacial score (nSPS) is 17.3. The maximum absolute atomic E-state index is 12.4. The van der Waals surface area contributed by atoms with Gasteiger partial charge in [0, 0.05) is 13.1 Å². The summed E-state index contributed by atoms with van der Waals surface area (Å²) in [5.41, 5.74) is 7.19. The zero-order valence-electron chi connectivity index (χ0n) is 12.1. The van der Waals surface area contributed by atoms with Crippen LogP contribution in [0.25, 0.3) is 0 Å². The summed E-state index contributed by atoms with van der Waals surface area (Å²) in [6, 6.07) is 5.37. The van der Waals surface area contributed by atoms with Gasteiger partial charge in [0.1, 0.15) is 0 Å². The van der Waals surface area contributed by atoms with Crippen LogP contribution in [0.3, 0.4) is 0 Å². The number of benzene rings is 1. The number of rotatable bonds is 5. The molecule has 0 spiro atoms. The maximum Gasteiger partial charge on any atom is 0.240 e. The van der Waals surface area contributed by atoms with Crippen molar-refractivity contribution in [2.45, 2.75) is 50.5 Å². The lowest BCUT2D eigenvalue weighted by atomic mass is 9.90. The fourth-order valence-corrected chi connectivity index (χ4v) is 4.17. The average Bonchev–Trinajstić information content (AvgIpc) is 2.47. The van der Waals surface area contributed by atoms with Crippen LogP contribution in [0, 0.1) is 12.8 Å². The molecule has 0 amide bonds. The SMILES string of the molecule is Cc1ccc(CN)cc1S(=O)(=O)NCC1CCCCC1. The summed E-state index contributed by atoms with van der Waals surface area (Å²) in [5.74, 6) is 0.483. The summed E-state index contributed by atoms with van der Waals surface area (Å²) in [4.78, 5) is 0.358. The Kier molecular flexibility index (Phi) is 5.18. The van der Waals surface area contributed by atoms with E-state index in [0.29, 0.717) is 23.9 Å². The van der Waals surface area contributed by atoms with Gasteiger partial charge >= 0.3 is 0 Å². The second-order valence-corrected chi connectivity index (χ2v) is 7.40. The van der Waals surface area contributed by atoms with E-state index in [9.17, 15) is 8.42 Å². The van der Waals surface area contributed by atoms with E-state index in [1.54, 1.807) is 6.07 Å². The van der Waals surface area contributed by atoms with Crippen LogP contribution in [0.15, 0.2) is 23.1 Å². The molecular formula is C15H24N2O2S. The first kappa shape index (κ1) is 15.5. The third kappa shape index (κ3) is 3.81. The highest BCUT2D eigenvalue weighted by atomic mass is 32.2. The van der Waals surface area contributed by atoms with Gasteiger partial charge in [-0.3, -0.25) is 0 Å². The molecule has 3 N–H and O–H groups in total. The molecule has 5 heteroatoms. The second-order valence-electron chi connectivity index (χ2n) is 5.66. The Balaban J connectivity index is 2.09. The molecule has 0 bridgehead atoms. The minimum Gasteiger partial charge on any atom is -0.326 e. The Morgan fingerprint density at radius 1 is 1.25 bits per heavy atom. The van der Waals surface area contributed by atoms with E-state index >= 15 is 0 Å². The van der Waals surface area contributed by atoms with Crippen molar-refractivity contribution >= 4 is 10.0 Å². The molecule has 4 nitrogen and oxygen atoms in total. The van der Waals surface area contributed by atoms with Crippen molar-refractivity contribution in [3.63, 3.8) is 0 Å². The van der Waals surface area contributed by atoms with Crippen LogP contribution in [-0.2, 0) is 16.6 Å². The summed E-state index contributed by atoms with van der Waals surface area (Å²) < 4.78 is 27.6. The van der Waals surface area contributed by atoms with Crippen molar-refractivity contribution in [1.82, 2.24) is 4.72 Å². The van der Waals surface area contributed by atoms with Crippen LogP contribution in [0.5, 0.6) is 0 Å². The van der Waals surface area contributed by atoms with E-state index in [-0.39, 0.29) is 0 Å². The van der Waals surface area contributed by atoms with Crippen molar-refractivity contribution in [1.29, 1.82) is 0 Å². The highest BCUT2D eigenvalue weighted by molar-refractivity contribution is 7.89. The number of aryl methyl sites for hydroxylation is 1. The number of nitrogens with two attached hydrogens (primary N) is 1. The monoisotopic (exact) mass is 296 g/mol. The van der Waals surface area contributed by atoms with Crippen molar-refractivity contribution in [3.8, 4) is 0 Å². The maximum atomic E-state index is 12.4. The lowest BCUT2D eigenvalue weighted by molar-refractivity contribution is 0.357. The molecule has 0 aromatic heterocycles. The smallest absolute Gasteiger partial charge is 0.240 e. The fraction of sp³-hybridized carbons (Fsp3) is 0.600. The molecule has 2 rings (SSSR count). The largest absolute Gasteiger partial charge is 0.326 e. The number of hydrogen-bond acceptors (Lipinski definition) is 3. The molecule has 1 fully saturated rings. The quantitative estimate of drug-likeness (QED) is 0.876. The van der Waals surface area contributed by atoms with Crippen molar-refractivity contribution in [3.05, 3.63) is 29.3 Å².